The molecule has 4 nitrogen and oxygen atoms in total. The highest BCUT2D eigenvalue weighted by molar-refractivity contribution is 6.30. The van der Waals surface area contributed by atoms with Crippen LogP contribution in [0.5, 0.6) is 11.5 Å². The van der Waals surface area contributed by atoms with Crippen molar-refractivity contribution in [2.45, 2.75) is 13.8 Å². The fraction of sp³-hybridized carbons (Fsp3) is 0.286. The molecular weight excluding hydrogens is 264 g/mol. The van der Waals surface area contributed by atoms with E-state index in [4.69, 9.17) is 21.1 Å². The first-order valence-electron chi connectivity index (χ1n) is 5.80. The van der Waals surface area contributed by atoms with Gasteiger partial charge in [0.05, 0.1) is 14.2 Å². The number of methoxy groups -OCH3 is 2. The molecule has 2 rings (SSSR count). The number of aromatic nitrogens is 2. The minimum Gasteiger partial charge on any atom is -0.493 e. The maximum absolute atomic E-state index is 6.09. The minimum absolute atomic E-state index is 0.470. The highest BCUT2D eigenvalue weighted by atomic mass is 35.5. The van der Waals surface area contributed by atoms with Gasteiger partial charge in [-0.05, 0) is 32.0 Å². The van der Waals surface area contributed by atoms with Crippen molar-refractivity contribution < 1.29 is 9.47 Å². The van der Waals surface area contributed by atoms with Crippen molar-refractivity contribution in [3.63, 3.8) is 0 Å². The molecule has 0 aliphatic rings. The van der Waals surface area contributed by atoms with Crippen LogP contribution in [0.3, 0.4) is 0 Å². The van der Waals surface area contributed by atoms with Crippen molar-refractivity contribution in [2.75, 3.05) is 14.2 Å². The van der Waals surface area contributed by atoms with Crippen LogP contribution < -0.4 is 9.47 Å². The molecule has 0 saturated heterocycles. The number of benzene rings is 1. The lowest BCUT2D eigenvalue weighted by atomic mass is 10.1. The molecular formula is C14H15ClN2O2. The summed E-state index contributed by atoms with van der Waals surface area (Å²) in [5, 5.41) is 0.470. The van der Waals surface area contributed by atoms with Crippen LogP contribution in [0.25, 0.3) is 11.4 Å². The number of rotatable bonds is 3. The van der Waals surface area contributed by atoms with Gasteiger partial charge < -0.3 is 9.47 Å². The summed E-state index contributed by atoms with van der Waals surface area (Å²) >= 11 is 6.09. The topological polar surface area (TPSA) is 44.2 Å². The molecule has 1 heterocycles. The molecule has 0 atom stereocenters. The van der Waals surface area contributed by atoms with Crippen LogP contribution in [0.2, 0.25) is 5.15 Å². The van der Waals surface area contributed by atoms with Gasteiger partial charge >= 0.3 is 0 Å². The number of halogens is 1. The first-order valence-corrected chi connectivity index (χ1v) is 6.17. The summed E-state index contributed by atoms with van der Waals surface area (Å²) < 4.78 is 10.5. The maximum atomic E-state index is 6.09. The quantitative estimate of drug-likeness (QED) is 0.807. The Morgan fingerprint density at radius 1 is 1.00 bits per heavy atom. The smallest absolute Gasteiger partial charge is 0.161 e. The first kappa shape index (κ1) is 13.6. The SMILES string of the molecule is COc1ccc(-c2nc(C)c(C)c(Cl)n2)cc1OC. The molecule has 0 amide bonds. The third kappa shape index (κ3) is 2.63. The van der Waals surface area contributed by atoms with E-state index in [9.17, 15) is 0 Å². The van der Waals surface area contributed by atoms with E-state index in [0.29, 0.717) is 22.5 Å². The Labute approximate surface area is 117 Å². The fourth-order valence-electron chi connectivity index (χ4n) is 1.70. The van der Waals surface area contributed by atoms with E-state index >= 15 is 0 Å². The normalized spacial score (nSPS) is 10.4. The summed E-state index contributed by atoms with van der Waals surface area (Å²) in [6.07, 6.45) is 0. The highest BCUT2D eigenvalue weighted by Crippen LogP contribution is 2.31. The van der Waals surface area contributed by atoms with Gasteiger partial charge in [-0.3, -0.25) is 0 Å². The fourth-order valence-corrected chi connectivity index (χ4v) is 1.92. The van der Waals surface area contributed by atoms with Gasteiger partial charge in [0.25, 0.3) is 0 Å². The predicted molar refractivity (Wildman–Crippen MR) is 75.1 cm³/mol. The molecule has 5 heteroatoms. The van der Waals surface area contributed by atoms with Crippen LogP contribution in [0.1, 0.15) is 11.3 Å². The third-order valence-corrected chi connectivity index (χ3v) is 3.34. The van der Waals surface area contributed by atoms with Crippen LogP contribution in [0.4, 0.5) is 0 Å². The second kappa shape index (κ2) is 5.45. The van der Waals surface area contributed by atoms with E-state index in [1.54, 1.807) is 14.2 Å². The third-order valence-electron chi connectivity index (χ3n) is 2.97. The van der Waals surface area contributed by atoms with Gasteiger partial charge in [0.2, 0.25) is 0 Å². The van der Waals surface area contributed by atoms with E-state index in [2.05, 4.69) is 9.97 Å². The number of aryl methyl sites for hydroxylation is 1. The monoisotopic (exact) mass is 278 g/mol. The molecule has 0 aliphatic heterocycles. The summed E-state index contributed by atoms with van der Waals surface area (Å²) in [5.41, 5.74) is 2.60. The predicted octanol–water partition coefficient (Wildman–Crippen LogP) is 3.43. The van der Waals surface area contributed by atoms with Gasteiger partial charge in [-0.2, -0.15) is 0 Å². The van der Waals surface area contributed by atoms with Crippen molar-refractivity contribution >= 4 is 11.6 Å². The molecule has 1 aromatic carbocycles. The molecule has 0 N–H and O–H groups in total. The van der Waals surface area contributed by atoms with E-state index in [0.717, 1.165) is 16.8 Å². The van der Waals surface area contributed by atoms with E-state index in [-0.39, 0.29) is 0 Å². The van der Waals surface area contributed by atoms with Gasteiger partial charge in [-0.25, -0.2) is 9.97 Å². The number of hydrogen-bond donors (Lipinski definition) is 0. The largest absolute Gasteiger partial charge is 0.493 e. The Kier molecular flexibility index (Phi) is 3.90. The number of ether oxygens (including phenoxy) is 2. The summed E-state index contributed by atoms with van der Waals surface area (Å²) in [6, 6.07) is 5.53. The number of hydrogen-bond acceptors (Lipinski definition) is 4. The van der Waals surface area contributed by atoms with Crippen molar-refractivity contribution in [3.05, 3.63) is 34.6 Å². The van der Waals surface area contributed by atoms with Gasteiger partial charge in [-0.15, -0.1) is 0 Å². The van der Waals surface area contributed by atoms with Gasteiger partial charge in [-0.1, -0.05) is 11.6 Å². The lowest BCUT2D eigenvalue weighted by molar-refractivity contribution is 0.355. The van der Waals surface area contributed by atoms with Crippen molar-refractivity contribution in [3.8, 4) is 22.9 Å². The van der Waals surface area contributed by atoms with Crippen LogP contribution in [-0.4, -0.2) is 24.2 Å². The van der Waals surface area contributed by atoms with Crippen LogP contribution in [0, 0.1) is 13.8 Å². The highest BCUT2D eigenvalue weighted by Gasteiger charge is 2.11. The lowest BCUT2D eigenvalue weighted by Gasteiger charge is -2.10. The molecule has 0 unspecified atom stereocenters. The number of nitrogens with zero attached hydrogens (tertiary/aromatic N) is 2. The second-order valence-corrected chi connectivity index (χ2v) is 4.48. The molecule has 19 heavy (non-hydrogen) atoms. The van der Waals surface area contributed by atoms with Crippen molar-refractivity contribution in [1.29, 1.82) is 0 Å². The van der Waals surface area contributed by atoms with Gasteiger partial charge in [0.15, 0.2) is 17.3 Å². The Morgan fingerprint density at radius 2 is 1.68 bits per heavy atom. The average molecular weight is 279 g/mol. The zero-order valence-electron chi connectivity index (χ0n) is 11.3. The molecule has 0 radical (unpaired) electrons. The Morgan fingerprint density at radius 3 is 2.26 bits per heavy atom. The standard InChI is InChI=1S/C14H15ClN2O2/c1-8-9(2)16-14(17-13(8)15)10-5-6-11(18-3)12(7-10)19-4/h5-7H,1-4H3. The summed E-state index contributed by atoms with van der Waals surface area (Å²) in [6.45, 7) is 3.81. The van der Waals surface area contributed by atoms with Gasteiger partial charge in [0, 0.05) is 16.8 Å². The summed E-state index contributed by atoms with van der Waals surface area (Å²) in [5.74, 6) is 1.88. The van der Waals surface area contributed by atoms with Gasteiger partial charge in [0.1, 0.15) is 5.15 Å². The lowest BCUT2D eigenvalue weighted by Crippen LogP contribution is -1.97. The van der Waals surface area contributed by atoms with Crippen molar-refractivity contribution in [1.82, 2.24) is 9.97 Å². The first-order chi connectivity index (χ1) is 9.06. The minimum atomic E-state index is 0.470. The van der Waals surface area contributed by atoms with Crippen LogP contribution in [-0.2, 0) is 0 Å². The molecule has 2 aromatic rings. The molecule has 1 aromatic heterocycles. The average Bonchev–Trinajstić information content (AvgIpc) is 2.43. The molecule has 0 fully saturated rings. The molecule has 0 saturated carbocycles. The Hall–Kier alpha value is -1.81. The second-order valence-electron chi connectivity index (χ2n) is 4.12. The summed E-state index contributed by atoms with van der Waals surface area (Å²) in [7, 11) is 3.19. The molecule has 0 spiro atoms. The van der Waals surface area contributed by atoms with Crippen LogP contribution >= 0.6 is 11.6 Å². The van der Waals surface area contributed by atoms with Crippen molar-refractivity contribution in [2.24, 2.45) is 0 Å². The Balaban J connectivity index is 2.53. The molecule has 0 aliphatic carbocycles. The molecule has 0 bridgehead atoms. The van der Waals surface area contributed by atoms with E-state index in [1.807, 2.05) is 32.0 Å². The summed E-state index contributed by atoms with van der Waals surface area (Å²) in [4.78, 5) is 8.74. The van der Waals surface area contributed by atoms with E-state index in [1.165, 1.54) is 0 Å². The molecule has 100 valence electrons. The van der Waals surface area contributed by atoms with E-state index < -0.39 is 0 Å². The Bertz CT molecular complexity index is 591. The maximum Gasteiger partial charge on any atom is 0.161 e. The van der Waals surface area contributed by atoms with Crippen LogP contribution in [0.15, 0.2) is 18.2 Å². The zero-order chi connectivity index (χ0) is 14.0. The zero-order valence-corrected chi connectivity index (χ0v) is 12.1.